The fraction of sp³-hybridized carbons (Fsp3) is 0.533. The van der Waals surface area contributed by atoms with Gasteiger partial charge in [0.1, 0.15) is 6.07 Å². The van der Waals surface area contributed by atoms with Gasteiger partial charge in [0.15, 0.2) is 0 Å². The smallest absolute Gasteiger partial charge is 0.103 e. The second-order valence-electron chi connectivity index (χ2n) is 5.21. The normalized spacial score (nSPS) is 18.1. The van der Waals surface area contributed by atoms with E-state index in [-0.39, 0.29) is 5.54 Å². The standard InChI is InChI=1S/C15H20N2OS/c1-4-19-14-7-5-6-13(12(14)10-16)17-8-9-18-11-15(17,2)3/h5-7H,4,8-9,11H2,1-3H3. The second-order valence-corrected chi connectivity index (χ2v) is 6.52. The molecule has 1 aromatic carbocycles. The average molecular weight is 276 g/mol. The third-order valence-corrected chi connectivity index (χ3v) is 4.29. The third-order valence-electron chi connectivity index (χ3n) is 3.35. The van der Waals surface area contributed by atoms with Crippen molar-refractivity contribution >= 4 is 17.4 Å². The van der Waals surface area contributed by atoms with Gasteiger partial charge in [-0.05, 0) is 31.7 Å². The van der Waals surface area contributed by atoms with Crippen LogP contribution >= 0.6 is 11.8 Å². The van der Waals surface area contributed by atoms with Crippen molar-refractivity contribution in [3.8, 4) is 6.07 Å². The lowest BCUT2D eigenvalue weighted by molar-refractivity contribution is 0.0643. The molecule has 0 atom stereocenters. The first-order valence-electron chi connectivity index (χ1n) is 6.61. The summed E-state index contributed by atoms with van der Waals surface area (Å²) in [5, 5.41) is 9.51. The van der Waals surface area contributed by atoms with E-state index in [1.165, 1.54) is 0 Å². The van der Waals surface area contributed by atoms with Crippen LogP contribution in [0.5, 0.6) is 0 Å². The van der Waals surface area contributed by atoms with Crippen molar-refractivity contribution in [2.45, 2.75) is 31.2 Å². The molecule has 1 saturated heterocycles. The van der Waals surface area contributed by atoms with Crippen LogP contribution in [0.15, 0.2) is 23.1 Å². The van der Waals surface area contributed by atoms with Gasteiger partial charge in [0.2, 0.25) is 0 Å². The number of hydrogen-bond donors (Lipinski definition) is 0. The fourth-order valence-corrected chi connectivity index (χ4v) is 3.22. The zero-order valence-corrected chi connectivity index (χ0v) is 12.6. The summed E-state index contributed by atoms with van der Waals surface area (Å²) in [6, 6.07) is 8.50. The van der Waals surface area contributed by atoms with Crippen LogP contribution in [0.2, 0.25) is 0 Å². The zero-order valence-electron chi connectivity index (χ0n) is 11.8. The monoisotopic (exact) mass is 276 g/mol. The minimum atomic E-state index is -0.0701. The molecule has 0 saturated carbocycles. The Kier molecular flexibility index (Phi) is 4.38. The van der Waals surface area contributed by atoms with Gasteiger partial charge in [0.05, 0.1) is 30.0 Å². The molecule has 19 heavy (non-hydrogen) atoms. The number of benzene rings is 1. The summed E-state index contributed by atoms with van der Waals surface area (Å²) >= 11 is 1.72. The molecule has 0 N–H and O–H groups in total. The molecule has 2 rings (SSSR count). The first-order chi connectivity index (χ1) is 9.10. The molecule has 0 spiro atoms. The van der Waals surface area contributed by atoms with Crippen molar-refractivity contribution in [1.82, 2.24) is 0 Å². The molecule has 1 heterocycles. The van der Waals surface area contributed by atoms with Crippen molar-refractivity contribution in [3.63, 3.8) is 0 Å². The highest BCUT2D eigenvalue weighted by molar-refractivity contribution is 7.99. The predicted molar refractivity (Wildman–Crippen MR) is 79.8 cm³/mol. The maximum atomic E-state index is 9.51. The maximum absolute atomic E-state index is 9.51. The van der Waals surface area contributed by atoms with E-state index in [1.54, 1.807) is 11.8 Å². The molecule has 0 radical (unpaired) electrons. The van der Waals surface area contributed by atoms with Gasteiger partial charge in [0, 0.05) is 11.4 Å². The molecule has 1 fully saturated rings. The van der Waals surface area contributed by atoms with E-state index in [2.05, 4.69) is 31.7 Å². The Morgan fingerprint density at radius 1 is 1.47 bits per heavy atom. The summed E-state index contributed by atoms with van der Waals surface area (Å²) in [7, 11) is 0. The molecule has 1 aromatic rings. The van der Waals surface area contributed by atoms with Gasteiger partial charge >= 0.3 is 0 Å². The summed E-state index contributed by atoms with van der Waals surface area (Å²) in [6.45, 7) is 8.68. The quantitative estimate of drug-likeness (QED) is 0.794. The Hall–Kier alpha value is -1.18. The fourth-order valence-electron chi connectivity index (χ4n) is 2.44. The van der Waals surface area contributed by atoms with Crippen molar-refractivity contribution in [2.24, 2.45) is 0 Å². The van der Waals surface area contributed by atoms with Crippen LogP contribution in [-0.2, 0) is 4.74 Å². The number of hydrogen-bond acceptors (Lipinski definition) is 4. The molecule has 0 unspecified atom stereocenters. The van der Waals surface area contributed by atoms with E-state index in [1.807, 2.05) is 18.2 Å². The van der Waals surface area contributed by atoms with Crippen molar-refractivity contribution in [2.75, 3.05) is 30.4 Å². The Labute approximate surface area is 119 Å². The number of rotatable bonds is 3. The van der Waals surface area contributed by atoms with Crippen LogP contribution in [-0.4, -0.2) is 31.1 Å². The van der Waals surface area contributed by atoms with Gasteiger partial charge < -0.3 is 9.64 Å². The number of nitriles is 1. The molecule has 0 bridgehead atoms. The first kappa shape index (κ1) is 14.2. The van der Waals surface area contributed by atoms with Gasteiger partial charge in [-0.1, -0.05) is 13.0 Å². The van der Waals surface area contributed by atoms with E-state index in [0.717, 1.165) is 35.1 Å². The Bertz CT molecular complexity index is 493. The summed E-state index contributed by atoms with van der Waals surface area (Å²) in [5.74, 6) is 0.977. The van der Waals surface area contributed by atoms with E-state index < -0.39 is 0 Å². The van der Waals surface area contributed by atoms with Crippen LogP contribution in [0.1, 0.15) is 26.3 Å². The predicted octanol–water partition coefficient (Wildman–Crippen LogP) is 3.29. The number of nitrogens with zero attached hydrogens (tertiary/aromatic N) is 2. The molecule has 3 nitrogen and oxygen atoms in total. The van der Waals surface area contributed by atoms with E-state index >= 15 is 0 Å². The van der Waals surface area contributed by atoms with Gasteiger partial charge in [-0.25, -0.2) is 0 Å². The van der Waals surface area contributed by atoms with Crippen LogP contribution < -0.4 is 4.90 Å². The Balaban J connectivity index is 2.44. The molecular formula is C15H20N2OS. The summed E-state index contributed by atoms with van der Waals surface area (Å²) in [5.41, 5.74) is 1.76. The van der Waals surface area contributed by atoms with Gasteiger partial charge in [-0.2, -0.15) is 5.26 Å². The second kappa shape index (κ2) is 5.85. The highest BCUT2D eigenvalue weighted by Gasteiger charge is 2.32. The Morgan fingerprint density at radius 2 is 2.26 bits per heavy atom. The highest BCUT2D eigenvalue weighted by atomic mass is 32.2. The summed E-state index contributed by atoms with van der Waals surface area (Å²) < 4.78 is 5.56. The molecular weight excluding hydrogens is 256 g/mol. The largest absolute Gasteiger partial charge is 0.377 e. The average Bonchev–Trinajstić information content (AvgIpc) is 2.38. The lowest BCUT2D eigenvalue weighted by atomic mass is 10.00. The molecule has 1 aliphatic rings. The molecule has 0 amide bonds. The summed E-state index contributed by atoms with van der Waals surface area (Å²) in [4.78, 5) is 3.37. The molecule has 0 aliphatic carbocycles. The lowest BCUT2D eigenvalue weighted by Crippen LogP contribution is -2.53. The van der Waals surface area contributed by atoms with E-state index in [9.17, 15) is 5.26 Å². The van der Waals surface area contributed by atoms with Crippen molar-refractivity contribution < 1.29 is 4.74 Å². The van der Waals surface area contributed by atoms with Gasteiger partial charge in [-0.3, -0.25) is 0 Å². The topological polar surface area (TPSA) is 36.3 Å². The molecule has 102 valence electrons. The van der Waals surface area contributed by atoms with Gasteiger partial charge in [-0.15, -0.1) is 11.8 Å². The van der Waals surface area contributed by atoms with E-state index in [0.29, 0.717) is 6.61 Å². The summed E-state index contributed by atoms with van der Waals surface area (Å²) in [6.07, 6.45) is 0. The number of ether oxygens (including phenoxy) is 1. The lowest BCUT2D eigenvalue weighted by Gasteiger charge is -2.44. The number of thioether (sulfide) groups is 1. The van der Waals surface area contributed by atoms with Gasteiger partial charge in [0.25, 0.3) is 0 Å². The minimum absolute atomic E-state index is 0.0701. The van der Waals surface area contributed by atoms with Crippen LogP contribution in [0.3, 0.4) is 0 Å². The van der Waals surface area contributed by atoms with E-state index in [4.69, 9.17) is 4.74 Å². The number of anilines is 1. The van der Waals surface area contributed by atoms with Crippen molar-refractivity contribution in [3.05, 3.63) is 23.8 Å². The SMILES string of the molecule is CCSc1cccc(N2CCOCC2(C)C)c1C#N. The van der Waals surface area contributed by atoms with Crippen LogP contribution in [0, 0.1) is 11.3 Å². The molecule has 4 heteroatoms. The van der Waals surface area contributed by atoms with Crippen LogP contribution in [0.4, 0.5) is 5.69 Å². The van der Waals surface area contributed by atoms with Crippen LogP contribution in [0.25, 0.3) is 0 Å². The maximum Gasteiger partial charge on any atom is 0.103 e. The zero-order chi connectivity index (χ0) is 13.9. The Morgan fingerprint density at radius 3 is 2.89 bits per heavy atom. The molecule has 1 aliphatic heterocycles. The first-order valence-corrected chi connectivity index (χ1v) is 7.60. The third kappa shape index (κ3) is 2.88. The highest BCUT2D eigenvalue weighted by Crippen LogP contribution is 2.34. The van der Waals surface area contributed by atoms with Crippen molar-refractivity contribution in [1.29, 1.82) is 5.26 Å². The number of morpholine rings is 1. The minimum Gasteiger partial charge on any atom is -0.377 e. The molecule has 0 aromatic heterocycles.